The second-order valence-corrected chi connectivity index (χ2v) is 7.98. The van der Waals surface area contributed by atoms with E-state index in [-0.39, 0.29) is 6.61 Å². The number of benzene rings is 1. The second kappa shape index (κ2) is 10.7. The van der Waals surface area contributed by atoms with Crippen molar-refractivity contribution in [2.45, 2.75) is 38.5 Å². The fraction of sp³-hybridized carbons (Fsp3) is 0.500. The maximum atomic E-state index is 10.7. The molecule has 1 aromatic heterocycles. The van der Waals surface area contributed by atoms with Crippen LogP contribution in [0, 0.1) is 0 Å². The average Bonchev–Trinajstić information content (AvgIpc) is 2.84. The molecule has 0 amide bonds. The van der Waals surface area contributed by atoms with Crippen LogP contribution in [0.2, 0.25) is 0 Å². The van der Waals surface area contributed by atoms with E-state index >= 15 is 0 Å². The Morgan fingerprint density at radius 1 is 1.00 bits per heavy atom. The zero-order valence-electron chi connectivity index (χ0n) is 18.1. The summed E-state index contributed by atoms with van der Waals surface area (Å²) in [5, 5.41) is 13.0. The van der Waals surface area contributed by atoms with E-state index in [9.17, 15) is 4.79 Å². The molecule has 3 heterocycles. The molecule has 0 radical (unpaired) electrons. The summed E-state index contributed by atoms with van der Waals surface area (Å²) in [7, 11) is 0. The number of aliphatic carboxylic acids is 1. The molecule has 0 unspecified atom stereocenters. The summed E-state index contributed by atoms with van der Waals surface area (Å²) in [6.45, 7) is 3.43. The van der Waals surface area contributed by atoms with Gasteiger partial charge in [-0.1, -0.05) is 12.1 Å². The average molecular weight is 440 g/mol. The van der Waals surface area contributed by atoms with Crippen molar-refractivity contribution in [1.29, 1.82) is 0 Å². The lowest BCUT2D eigenvalue weighted by Gasteiger charge is -2.30. The third kappa shape index (κ3) is 6.05. The molecular formula is C22H29N7O3. The van der Waals surface area contributed by atoms with Gasteiger partial charge in [-0.3, -0.25) is 0 Å². The Hall–Kier alpha value is -3.43. The monoisotopic (exact) mass is 439 g/mol. The van der Waals surface area contributed by atoms with Crippen molar-refractivity contribution < 1.29 is 14.6 Å². The number of carbonyl (C=O) groups is 1. The van der Waals surface area contributed by atoms with E-state index in [4.69, 9.17) is 14.8 Å². The lowest BCUT2D eigenvalue weighted by Crippen LogP contribution is -2.34. The quantitative estimate of drug-likeness (QED) is 0.473. The highest BCUT2D eigenvalue weighted by atomic mass is 16.5. The lowest BCUT2D eigenvalue weighted by atomic mass is 10.1. The normalized spacial score (nSPS) is 16.9. The van der Waals surface area contributed by atoms with Gasteiger partial charge in [-0.05, 0) is 56.2 Å². The molecule has 2 aliphatic rings. The molecule has 2 fully saturated rings. The first-order valence-electron chi connectivity index (χ1n) is 11.2. The highest BCUT2D eigenvalue weighted by Crippen LogP contribution is 2.22. The topological polar surface area (TPSA) is 116 Å². The van der Waals surface area contributed by atoms with Gasteiger partial charge in [0.05, 0.1) is 6.21 Å². The van der Waals surface area contributed by atoms with Crippen LogP contribution in [0.3, 0.4) is 0 Å². The minimum absolute atomic E-state index is 0.387. The number of hydrogen-bond acceptors (Lipinski definition) is 9. The summed E-state index contributed by atoms with van der Waals surface area (Å²) in [6.07, 6.45) is 8.69. The molecule has 1 aromatic carbocycles. The van der Waals surface area contributed by atoms with Crippen LogP contribution in [0.1, 0.15) is 44.1 Å². The molecule has 2 aliphatic heterocycles. The van der Waals surface area contributed by atoms with Crippen molar-refractivity contribution >= 4 is 30.0 Å². The van der Waals surface area contributed by atoms with Crippen molar-refractivity contribution in [1.82, 2.24) is 15.0 Å². The molecule has 4 rings (SSSR count). The Morgan fingerprint density at radius 2 is 1.62 bits per heavy atom. The molecule has 2 N–H and O–H groups in total. The summed E-state index contributed by atoms with van der Waals surface area (Å²) in [5.74, 6) is 1.26. The number of aromatic nitrogens is 3. The molecular weight excluding hydrogens is 410 g/mol. The van der Waals surface area contributed by atoms with Crippen LogP contribution in [0.4, 0.5) is 17.8 Å². The molecule has 0 aliphatic carbocycles. The summed E-state index contributed by atoms with van der Waals surface area (Å²) in [6, 6.07) is 7.06. The molecule has 0 bridgehead atoms. The Kier molecular flexibility index (Phi) is 7.31. The molecule has 32 heavy (non-hydrogen) atoms. The molecule has 2 saturated heterocycles. The first-order valence-corrected chi connectivity index (χ1v) is 11.2. The number of anilines is 3. The Bertz CT molecular complexity index is 905. The molecule has 2 aromatic rings. The predicted molar refractivity (Wildman–Crippen MR) is 123 cm³/mol. The summed E-state index contributed by atoms with van der Waals surface area (Å²) in [5.41, 5.74) is 3.71. The van der Waals surface area contributed by atoms with E-state index < -0.39 is 5.97 Å². The zero-order chi connectivity index (χ0) is 22.2. The third-order valence-electron chi connectivity index (χ3n) is 5.49. The number of rotatable bonds is 8. The highest BCUT2D eigenvalue weighted by molar-refractivity contribution is 5.80. The van der Waals surface area contributed by atoms with Crippen molar-refractivity contribution in [3.63, 3.8) is 0 Å². The summed E-state index contributed by atoms with van der Waals surface area (Å²) < 4.78 is 5.21. The molecule has 0 saturated carbocycles. The van der Waals surface area contributed by atoms with Gasteiger partial charge in [-0.2, -0.15) is 20.1 Å². The number of carboxylic acid groups (broad SMARTS) is 1. The minimum atomic E-state index is -1.02. The van der Waals surface area contributed by atoms with E-state index in [0.717, 1.165) is 57.4 Å². The number of piperidine rings is 2. The summed E-state index contributed by atoms with van der Waals surface area (Å²) in [4.78, 5) is 29.1. The fourth-order valence-corrected chi connectivity index (χ4v) is 3.87. The van der Waals surface area contributed by atoms with E-state index in [1.54, 1.807) is 24.4 Å². The molecule has 0 atom stereocenters. The molecule has 170 valence electrons. The first-order chi connectivity index (χ1) is 15.7. The van der Waals surface area contributed by atoms with Crippen LogP contribution in [-0.4, -0.2) is 65.0 Å². The Morgan fingerprint density at radius 3 is 2.22 bits per heavy atom. The molecule has 0 spiro atoms. The van der Waals surface area contributed by atoms with E-state index in [1.807, 2.05) is 6.07 Å². The largest absolute Gasteiger partial charge is 0.482 e. The predicted octanol–water partition coefficient (Wildman–Crippen LogP) is 2.76. The van der Waals surface area contributed by atoms with Crippen LogP contribution in [0.25, 0.3) is 0 Å². The van der Waals surface area contributed by atoms with Crippen LogP contribution in [0.15, 0.2) is 29.4 Å². The lowest BCUT2D eigenvalue weighted by molar-refractivity contribution is -0.139. The van der Waals surface area contributed by atoms with Gasteiger partial charge in [0.25, 0.3) is 0 Å². The van der Waals surface area contributed by atoms with Crippen molar-refractivity contribution in [3.8, 4) is 5.75 Å². The Labute approximate surface area is 187 Å². The van der Waals surface area contributed by atoms with Crippen LogP contribution >= 0.6 is 0 Å². The fourth-order valence-electron chi connectivity index (χ4n) is 3.87. The highest BCUT2D eigenvalue weighted by Gasteiger charge is 2.20. The van der Waals surface area contributed by atoms with Gasteiger partial charge in [0.2, 0.25) is 17.8 Å². The number of nitrogens with one attached hydrogen (secondary N) is 1. The van der Waals surface area contributed by atoms with E-state index in [0.29, 0.717) is 23.6 Å². The van der Waals surface area contributed by atoms with Crippen molar-refractivity contribution in [2.24, 2.45) is 5.10 Å². The van der Waals surface area contributed by atoms with E-state index in [2.05, 4.69) is 30.3 Å². The van der Waals surface area contributed by atoms with Crippen LogP contribution < -0.4 is 20.0 Å². The third-order valence-corrected chi connectivity index (χ3v) is 5.49. The molecule has 10 heteroatoms. The number of nitrogens with zero attached hydrogens (tertiary/aromatic N) is 6. The smallest absolute Gasteiger partial charge is 0.341 e. The number of hydrogen-bond donors (Lipinski definition) is 2. The van der Waals surface area contributed by atoms with Gasteiger partial charge in [-0.15, -0.1) is 0 Å². The van der Waals surface area contributed by atoms with Gasteiger partial charge in [-0.25, -0.2) is 10.2 Å². The maximum absolute atomic E-state index is 10.7. The van der Waals surface area contributed by atoms with Crippen molar-refractivity contribution in [3.05, 3.63) is 29.8 Å². The van der Waals surface area contributed by atoms with Crippen molar-refractivity contribution in [2.75, 3.05) is 48.0 Å². The van der Waals surface area contributed by atoms with Crippen LogP contribution in [-0.2, 0) is 4.79 Å². The van der Waals surface area contributed by atoms with Gasteiger partial charge in [0, 0.05) is 26.2 Å². The standard InChI is InChI=1S/C22H29N7O3/c30-19(31)16-32-18-9-7-8-17(14-18)15-23-27-20-24-21(28-10-3-1-4-11-28)26-22(25-20)29-12-5-2-6-13-29/h7-9,14-15H,1-6,10-13,16H2,(H,30,31)(H,24,25,26,27)/b23-15+. The minimum Gasteiger partial charge on any atom is -0.482 e. The van der Waals surface area contributed by atoms with Gasteiger partial charge in [0.1, 0.15) is 5.75 Å². The number of ether oxygens (including phenoxy) is 1. The second-order valence-electron chi connectivity index (χ2n) is 7.98. The zero-order valence-corrected chi connectivity index (χ0v) is 18.1. The summed E-state index contributed by atoms with van der Waals surface area (Å²) >= 11 is 0. The van der Waals surface area contributed by atoms with Gasteiger partial charge < -0.3 is 19.6 Å². The maximum Gasteiger partial charge on any atom is 0.341 e. The number of hydrazone groups is 1. The van der Waals surface area contributed by atoms with Crippen LogP contribution in [0.5, 0.6) is 5.75 Å². The number of carboxylic acids is 1. The first kappa shape index (κ1) is 21.8. The SMILES string of the molecule is O=C(O)COc1cccc(/C=N/Nc2nc(N3CCCCC3)nc(N3CCCCC3)n2)c1. The van der Waals surface area contributed by atoms with Gasteiger partial charge in [0.15, 0.2) is 6.61 Å². The van der Waals surface area contributed by atoms with Gasteiger partial charge >= 0.3 is 5.97 Å². The molecule has 10 nitrogen and oxygen atoms in total. The Balaban J connectivity index is 1.49. The van der Waals surface area contributed by atoms with E-state index in [1.165, 1.54) is 12.8 Å².